The predicted octanol–water partition coefficient (Wildman–Crippen LogP) is 4.20. The first-order valence-corrected chi connectivity index (χ1v) is 9.60. The Morgan fingerprint density at radius 2 is 0.750 bits per heavy atom. The van der Waals surface area contributed by atoms with Gasteiger partial charge in [0, 0.05) is 13.8 Å². The Morgan fingerprint density at radius 3 is 0.929 bits per heavy atom. The lowest BCUT2D eigenvalue weighted by atomic mass is 10.4. The molecule has 3 rings (SSSR count). The Hall–Kier alpha value is -2.49. The van der Waals surface area contributed by atoms with Crippen LogP contribution in [-0.2, 0) is 9.59 Å². The highest BCUT2D eigenvalue weighted by molar-refractivity contribution is 8.93. The summed E-state index contributed by atoms with van der Waals surface area (Å²) in [4.78, 5) is 18.0. The molecule has 0 radical (unpaired) electrons. The monoisotopic (exact) mass is 462 g/mol. The summed E-state index contributed by atoms with van der Waals surface area (Å²) in [5.41, 5.74) is 0. The van der Waals surface area contributed by atoms with Crippen LogP contribution in [0.15, 0.2) is 91.0 Å². The number of carboxylic acid groups (broad SMARTS) is 2. The third-order valence-electron chi connectivity index (χ3n) is 3.04. The second kappa shape index (κ2) is 14.6. The third-order valence-corrected chi connectivity index (χ3v) is 5.49. The Morgan fingerprint density at radius 1 is 0.571 bits per heavy atom. The number of carboxylic acids is 2. The van der Waals surface area contributed by atoms with Crippen LogP contribution < -0.4 is 15.9 Å². The van der Waals surface area contributed by atoms with Gasteiger partial charge in [0.1, 0.15) is 0 Å². The van der Waals surface area contributed by atoms with Crippen molar-refractivity contribution in [2.75, 3.05) is 0 Å². The molecule has 0 atom stereocenters. The molecule has 0 unspecified atom stereocenters. The molecule has 0 amide bonds. The maximum atomic E-state index is 9.00. The van der Waals surface area contributed by atoms with E-state index in [0.29, 0.717) is 0 Å². The summed E-state index contributed by atoms with van der Waals surface area (Å²) >= 11 is 0. The van der Waals surface area contributed by atoms with Gasteiger partial charge >= 0.3 is 0 Å². The molecule has 2 N–H and O–H groups in total. The minimum atomic E-state index is -0.833. The van der Waals surface area contributed by atoms with E-state index in [1.54, 1.807) is 0 Å². The number of hydrogen-bond donors (Lipinski definition) is 2. The second-order valence-corrected chi connectivity index (χ2v) is 7.60. The summed E-state index contributed by atoms with van der Waals surface area (Å²) in [6, 6.07) is 32.3. The van der Waals surface area contributed by atoms with E-state index in [9.17, 15) is 0 Å². The zero-order valence-electron chi connectivity index (χ0n) is 15.7. The molecule has 0 saturated carbocycles. The molecule has 0 saturated heterocycles. The standard InChI is InChI=1S/C18H15P.2C2H4O2.BrH/c1-4-10-16(11-5-1)19(17-12-6-2-7-13-17)18-14-8-3-9-15-18;2*1-2(3)4;/h1-15H;2*1H3,(H,3,4);1H. The third kappa shape index (κ3) is 10.6. The van der Waals surface area contributed by atoms with Crippen LogP contribution in [0.3, 0.4) is 0 Å². The quantitative estimate of drug-likeness (QED) is 0.571. The van der Waals surface area contributed by atoms with Crippen LogP contribution in [0.25, 0.3) is 0 Å². The Bertz CT molecular complexity index is 698. The molecular formula is C22H24BrO4P. The average Bonchev–Trinajstić information content (AvgIpc) is 2.64. The van der Waals surface area contributed by atoms with Crippen LogP contribution in [0.1, 0.15) is 13.8 Å². The van der Waals surface area contributed by atoms with Crippen molar-refractivity contribution in [1.29, 1.82) is 0 Å². The van der Waals surface area contributed by atoms with Gasteiger partial charge in [-0.15, -0.1) is 17.0 Å². The first kappa shape index (κ1) is 25.5. The number of aliphatic carboxylic acids is 2. The van der Waals surface area contributed by atoms with Gasteiger partial charge in [0.15, 0.2) is 0 Å². The molecule has 0 aliphatic carbocycles. The topological polar surface area (TPSA) is 74.6 Å². The van der Waals surface area contributed by atoms with Crippen LogP contribution >= 0.6 is 24.9 Å². The molecular weight excluding hydrogens is 439 g/mol. The lowest BCUT2D eigenvalue weighted by Crippen LogP contribution is -2.20. The van der Waals surface area contributed by atoms with Crippen LogP contribution in [-0.4, -0.2) is 22.2 Å². The van der Waals surface area contributed by atoms with Gasteiger partial charge in [-0.2, -0.15) is 0 Å². The normalized spacial score (nSPS) is 8.96. The van der Waals surface area contributed by atoms with Crippen molar-refractivity contribution in [3.05, 3.63) is 91.0 Å². The zero-order chi connectivity index (χ0) is 20.1. The molecule has 0 aromatic heterocycles. The van der Waals surface area contributed by atoms with Crippen LogP contribution in [0.5, 0.6) is 0 Å². The smallest absolute Gasteiger partial charge is 0.300 e. The average molecular weight is 463 g/mol. The molecule has 148 valence electrons. The molecule has 3 aromatic carbocycles. The zero-order valence-corrected chi connectivity index (χ0v) is 18.3. The van der Waals surface area contributed by atoms with E-state index in [0.717, 1.165) is 13.8 Å². The van der Waals surface area contributed by atoms with Crippen molar-refractivity contribution in [2.45, 2.75) is 13.8 Å². The molecule has 4 nitrogen and oxygen atoms in total. The van der Waals surface area contributed by atoms with Crippen molar-refractivity contribution >= 4 is 52.8 Å². The first-order chi connectivity index (χ1) is 12.9. The van der Waals surface area contributed by atoms with Gasteiger partial charge in [-0.3, -0.25) is 9.59 Å². The van der Waals surface area contributed by atoms with Crippen LogP contribution in [0.2, 0.25) is 0 Å². The molecule has 28 heavy (non-hydrogen) atoms. The number of carbonyl (C=O) groups is 2. The fraction of sp³-hybridized carbons (Fsp3) is 0.0909. The van der Waals surface area contributed by atoms with Crippen molar-refractivity contribution in [3.63, 3.8) is 0 Å². The summed E-state index contributed by atoms with van der Waals surface area (Å²) in [5, 5.41) is 19.0. The van der Waals surface area contributed by atoms with E-state index in [4.69, 9.17) is 19.8 Å². The molecule has 0 heterocycles. The van der Waals surface area contributed by atoms with E-state index in [2.05, 4.69) is 91.0 Å². The van der Waals surface area contributed by atoms with E-state index in [-0.39, 0.29) is 17.0 Å². The van der Waals surface area contributed by atoms with Gasteiger partial charge < -0.3 is 10.2 Å². The summed E-state index contributed by atoms with van der Waals surface area (Å²) < 4.78 is 0. The summed E-state index contributed by atoms with van der Waals surface area (Å²) in [5.74, 6) is -1.67. The number of hydrogen-bond acceptors (Lipinski definition) is 2. The maximum Gasteiger partial charge on any atom is 0.300 e. The van der Waals surface area contributed by atoms with Crippen LogP contribution in [0.4, 0.5) is 0 Å². The van der Waals surface area contributed by atoms with E-state index in [1.165, 1.54) is 15.9 Å². The predicted molar refractivity (Wildman–Crippen MR) is 122 cm³/mol. The van der Waals surface area contributed by atoms with Gasteiger partial charge in [-0.1, -0.05) is 91.0 Å². The summed E-state index contributed by atoms with van der Waals surface area (Å²) in [7, 11) is -0.446. The van der Waals surface area contributed by atoms with Gasteiger partial charge in [0.05, 0.1) is 0 Å². The van der Waals surface area contributed by atoms with Gasteiger partial charge in [-0.05, 0) is 23.8 Å². The fourth-order valence-corrected chi connectivity index (χ4v) is 4.48. The Balaban J connectivity index is 0.000000697. The van der Waals surface area contributed by atoms with E-state index >= 15 is 0 Å². The fourth-order valence-electron chi connectivity index (χ4n) is 2.18. The minimum absolute atomic E-state index is 0. The van der Waals surface area contributed by atoms with Crippen molar-refractivity contribution < 1.29 is 19.8 Å². The Labute approximate surface area is 177 Å². The number of halogens is 1. The molecule has 0 aliphatic rings. The minimum Gasteiger partial charge on any atom is -0.481 e. The lowest BCUT2D eigenvalue weighted by molar-refractivity contribution is -0.135. The van der Waals surface area contributed by atoms with Crippen molar-refractivity contribution in [1.82, 2.24) is 0 Å². The SMILES string of the molecule is Br.CC(=O)O.CC(=O)O.c1ccc(P(c2ccccc2)c2ccccc2)cc1. The van der Waals surface area contributed by atoms with Gasteiger partial charge in [-0.25, -0.2) is 0 Å². The number of benzene rings is 3. The maximum absolute atomic E-state index is 9.00. The highest BCUT2D eigenvalue weighted by Gasteiger charge is 2.14. The highest BCUT2D eigenvalue weighted by Crippen LogP contribution is 2.32. The second-order valence-electron chi connectivity index (χ2n) is 5.38. The molecule has 3 aromatic rings. The molecule has 6 heteroatoms. The van der Waals surface area contributed by atoms with Gasteiger partial charge in [0.25, 0.3) is 11.9 Å². The van der Waals surface area contributed by atoms with Crippen LogP contribution in [0, 0.1) is 0 Å². The summed E-state index contributed by atoms with van der Waals surface area (Å²) in [6.45, 7) is 2.17. The first-order valence-electron chi connectivity index (χ1n) is 8.26. The summed E-state index contributed by atoms with van der Waals surface area (Å²) in [6.07, 6.45) is 0. The van der Waals surface area contributed by atoms with Crippen molar-refractivity contribution in [2.24, 2.45) is 0 Å². The molecule has 0 fully saturated rings. The Kier molecular flexibility index (Phi) is 13.3. The van der Waals surface area contributed by atoms with Gasteiger partial charge in [0.2, 0.25) is 0 Å². The number of rotatable bonds is 3. The molecule has 0 spiro atoms. The lowest BCUT2D eigenvalue weighted by Gasteiger charge is -2.18. The molecule has 0 bridgehead atoms. The van der Waals surface area contributed by atoms with E-state index in [1.807, 2.05) is 0 Å². The van der Waals surface area contributed by atoms with Crippen molar-refractivity contribution in [3.8, 4) is 0 Å². The largest absolute Gasteiger partial charge is 0.481 e. The molecule has 0 aliphatic heterocycles. The highest BCUT2D eigenvalue weighted by atomic mass is 79.9. The van der Waals surface area contributed by atoms with E-state index < -0.39 is 19.9 Å².